The van der Waals surface area contributed by atoms with Crippen LogP contribution in [0.1, 0.15) is 33.6 Å². The van der Waals surface area contributed by atoms with Crippen molar-refractivity contribution < 1.29 is 9.59 Å². The number of urea groups is 1. The second kappa shape index (κ2) is 7.45. The van der Waals surface area contributed by atoms with Gasteiger partial charge >= 0.3 is 6.03 Å². The largest absolute Gasteiger partial charge is 0.338 e. The summed E-state index contributed by atoms with van der Waals surface area (Å²) in [5, 5.41) is 4.91. The summed E-state index contributed by atoms with van der Waals surface area (Å²) in [6.45, 7) is 7.74. The van der Waals surface area contributed by atoms with Gasteiger partial charge in [-0.1, -0.05) is 6.92 Å². The van der Waals surface area contributed by atoms with Gasteiger partial charge < -0.3 is 11.1 Å². The molecule has 0 aliphatic carbocycles. The lowest BCUT2D eigenvalue weighted by Crippen LogP contribution is -2.56. The van der Waals surface area contributed by atoms with Gasteiger partial charge in [-0.05, 0) is 39.2 Å². The molecule has 3 amide bonds. The average molecular weight is 270 g/mol. The molecule has 1 heterocycles. The second-order valence-electron chi connectivity index (χ2n) is 5.28. The fourth-order valence-electron chi connectivity index (χ4n) is 2.58. The zero-order valence-corrected chi connectivity index (χ0v) is 12.1. The summed E-state index contributed by atoms with van der Waals surface area (Å²) in [5.41, 5.74) is 5.79. The molecule has 1 aliphatic heterocycles. The van der Waals surface area contributed by atoms with Crippen LogP contribution in [0.3, 0.4) is 0 Å². The third-order valence-electron chi connectivity index (χ3n) is 3.75. The minimum absolute atomic E-state index is 0.221. The van der Waals surface area contributed by atoms with Crippen molar-refractivity contribution in [3.8, 4) is 0 Å². The van der Waals surface area contributed by atoms with E-state index in [0.717, 1.165) is 19.4 Å². The molecular weight excluding hydrogens is 244 g/mol. The number of nitrogens with zero attached hydrogens (tertiary/aromatic N) is 1. The minimum atomic E-state index is -0.436. The Morgan fingerprint density at radius 2 is 2.16 bits per heavy atom. The Morgan fingerprint density at radius 1 is 1.47 bits per heavy atom. The maximum Gasteiger partial charge on any atom is 0.321 e. The van der Waals surface area contributed by atoms with Crippen molar-refractivity contribution in [1.82, 2.24) is 15.5 Å². The van der Waals surface area contributed by atoms with Crippen LogP contribution >= 0.6 is 0 Å². The summed E-state index contributed by atoms with van der Waals surface area (Å²) >= 11 is 0. The van der Waals surface area contributed by atoms with E-state index < -0.39 is 6.03 Å². The first-order valence-electron chi connectivity index (χ1n) is 7.04. The Balaban J connectivity index is 2.57. The van der Waals surface area contributed by atoms with Gasteiger partial charge in [-0.3, -0.25) is 15.0 Å². The van der Waals surface area contributed by atoms with Crippen molar-refractivity contribution in [3.05, 3.63) is 0 Å². The number of nitrogens with two attached hydrogens (primary N) is 1. The monoisotopic (exact) mass is 270 g/mol. The molecule has 0 saturated carbocycles. The van der Waals surface area contributed by atoms with Crippen LogP contribution in [0.25, 0.3) is 0 Å². The van der Waals surface area contributed by atoms with Gasteiger partial charge in [0.05, 0.1) is 6.04 Å². The van der Waals surface area contributed by atoms with E-state index in [-0.39, 0.29) is 18.0 Å². The van der Waals surface area contributed by atoms with E-state index in [1.165, 1.54) is 0 Å². The summed E-state index contributed by atoms with van der Waals surface area (Å²) in [4.78, 5) is 25.5. The van der Waals surface area contributed by atoms with Gasteiger partial charge in [0, 0.05) is 19.1 Å². The fourth-order valence-corrected chi connectivity index (χ4v) is 2.58. The molecule has 0 aromatic rings. The number of imide groups is 1. The molecule has 3 unspecified atom stereocenters. The van der Waals surface area contributed by atoms with E-state index in [9.17, 15) is 9.59 Å². The maximum absolute atomic E-state index is 12.0. The van der Waals surface area contributed by atoms with Crippen LogP contribution in [0.4, 0.5) is 4.79 Å². The standard InChI is InChI=1S/C13H26N4O2/c1-4-15-13(19)16-12(18)10(3)17-6-5-9(2)7-11(17)8-14/h9-11H,4-8,14H2,1-3H3,(H2,15,16,18,19). The quantitative estimate of drug-likeness (QED) is 0.685. The third-order valence-corrected chi connectivity index (χ3v) is 3.75. The van der Waals surface area contributed by atoms with Gasteiger partial charge in [-0.2, -0.15) is 0 Å². The number of amides is 3. The van der Waals surface area contributed by atoms with Crippen LogP contribution in [0.5, 0.6) is 0 Å². The molecule has 1 aliphatic rings. The lowest BCUT2D eigenvalue weighted by atomic mass is 9.91. The van der Waals surface area contributed by atoms with Gasteiger partial charge in [-0.25, -0.2) is 4.79 Å². The van der Waals surface area contributed by atoms with E-state index in [0.29, 0.717) is 19.0 Å². The summed E-state index contributed by atoms with van der Waals surface area (Å²) in [7, 11) is 0. The first-order valence-corrected chi connectivity index (χ1v) is 7.04. The Morgan fingerprint density at radius 3 is 2.74 bits per heavy atom. The molecule has 1 saturated heterocycles. The zero-order valence-electron chi connectivity index (χ0n) is 12.1. The fraction of sp³-hybridized carbons (Fsp3) is 0.846. The molecular formula is C13H26N4O2. The van der Waals surface area contributed by atoms with Gasteiger partial charge in [0.15, 0.2) is 0 Å². The molecule has 19 heavy (non-hydrogen) atoms. The Hall–Kier alpha value is -1.14. The molecule has 0 radical (unpaired) electrons. The van der Waals surface area contributed by atoms with Crippen molar-refractivity contribution in [2.24, 2.45) is 11.7 Å². The molecule has 0 aromatic carbocycles. The molecule has 0 spiro atoms. The van der Waals surface area contributed by atoms with E-state index in [1.54, 1.807) is 0 Å². The number of hydrogen-bond donors (Lipinski definition) is 3. The molecule has 6 nitrogen and oxygen atoms in total. The zero-order chi connectivity index (χ0) is 14.4. The number of carbonyl (C=O) groups is 2. The highest BCUT2D eigenvalue weighted by Gasteiger charge is 2.32. The van der Waals surface area contributed by atoms with Gasteiger partial charge in [0.1, 0.15) is 0 Å². The van der Waals surface area contributed by atoms with E-state index in [2.05, 4.69) is 22.5 Å². The average Bonchev–Trinajstić information content (AvgIpc) is 2.37. The van der Waals surface area contributed by atoms with Gasteiger partial charge in [0.25, 0.3) is 0 Å². The molecule has 1 fully saturated rings. The minimum Gasteiger partial charge on any atom is -0.338 e. The Kier molecular flexibility index (Phi) is 6.24. The number of likely N-dealkylation sites (tertiary alicyclic amines) is 1. The van der Waals surface area contributed by atoms with Crippen molar-refractivity contribution in [3.63, 3.8) is 0 Å². The van der Waals surface area contributed by atoms with Crippen LogP contribution < -0.4 is 16.4 Å². The van der Waals surface area contributed by atoms with Gasteiger partial charge in [0.2, 0.25) is 5.91 Å². The smallest absolute Gasteiger partial charge is 0.321 e. The van der Waals surface area contributed by atoms with Crippen molar-refractivity contribution in [1.29, 1.82) is 0 Å². The maximum atomic E-state index is 12.0. The Bertz CT molecular complexity index is 322. The number of nitrogens with one attached hydrogen (secondary N) is 2. The summed E-state index contributed by atoms with van der Waals surface area (Å²) in [6.07, 6.45) is 2.07. The van der Waals surface area contributed by atoms with Crippen LogP contribution in [0.15, 0.2) is 0 Å². The van der Waals surface area contributed by atoms with E-state index >= 15 is 0 Å². The second-order valence-corrected chi connectivity index (χ2v) is 5.28. The van der Waals surface area contributed by atoms with Crippen molar-refractivity contribution in [2.75, 3.05) is 19.6 Å². The number of rotatable bonds is 4. The number of carbonyl (C=O) groups excluding carboxylic acids is 2. The summed E-state index contributed by atoms with van der Waals surface area (Å²) in [6, 6.07) is -0.545. The molecule has 4 N–H and O–H groups in total. The highest BCUT2D eigenvalue weighted by atomic mass is 16.2. The van der Waals surface area contributed by atoms with Gasteiger partial charge in [-0.15, -0.1) is 0 Å². The van der Waals surface area contributed by atoms with Crippen LogP contribution in [-0.4, -0.2) is 48.6 Å². The lowest BCUT2D eigenvalue weighted by Gasteiger charge is -2.40. The summed E-state index contributed by atoms with van der Waals surface area (Å²) < 4.78 is 0. The first kappa shape index (κ1) is 15.9. The van der Waals surface area contributed by atoms with Crippen LogP contribution in [0, 0.1) is 5.92 Å². The summed E-state index contributed by atoms with van der Waals surface area (Å²) in [5.74, 6) is 0.377. The molecule has 110 valence electrons. The molecule has 1 rings (SSSR count). The molecule has 3 atom stereocenters. The third kappa shape index (κ3) is 4.47. The van der Waals surface area contributed by atoms with Crippen LogP contribution in [-0.2, 0) is 4.79 Å². The first-order chi connectivity index (χ1) is 8.99. The molecule has 0 aromatic heterocycles. The van der Waals surface area contributed by atoms with Crippen molar-refractivity contribution >= 4 is 11.9 Å². The van der Waals surface area contributed by atoms with E-state index in [4.69, 9.17) is 5.73 Å². The molecule has 6 heteroatoms. The highest BCUT2D eigenvalue weighted by Crippen LogP contribution is 2.23. The molecule has 0 bridgehead atoms. The number of hydrogen-bond acceptors (Lipinski definition) is 4. The normalized spacial score (nSPS) is 25.7. The SMILES string of the molecule is CCNC(=O)NC(=O)C(C)N1CCC(C)CC1CN. The van der Waals surface area contributed by atoms with E-state index in [1.807, 2.05) is 13.8 Å². The number of piperidine rings is 1. The Labute approximate surface area is 115 Å². The predicted molar refractivity (Wildman–Crippen MR) is 74.6 cm³/mol. The topological polar surface area (TPSA) is 87.5 Å². The lowest BCUT2D eigenvalue weighted by molar-refractivity contribution is -0.126. The van der Waals surface area contributed by atoms with Crippen molar-refractivity contribution in [2.45, 2.75) is 45.7 Å². The van der Waals surface area contributed by atoms with Crippen LogP contribution in [0.2, 0.25) is 0 Å². The highest BCUT2D eigenvalue weighted by molar-refractivity contribution is 5.96. The predicted octanol–water partition coefficient (Wildman–Crippen LogP) is 0.280.